The highest BCUT2D eigenvalue weighted by molar-refractivity contribution is 7.10. The van der Waals surface area contributed by atoms with Crippen molar-refractivity contribution in [2.45, 2.75) is 31.3 Å². The number of carboxylic acids is 1. The molecule has 3 N–H and O–H groups in total. The molecule has 0 spiro atoms. The van der Waals surface area contributed by atoms with E-state index in [0.29, 0.717) is 6.61 Å². The van der Waals surface area contributed by atoms with Crippen LogP contribution >= 0.6 is 11.3 Å². The number of nitrogens with one attached hydrogen (secondary N) is 2. The number of carbonyl (C=O) groups is 2. The van der Waals surface area contributed by atoms with Crippen molar-refractivity contribution in [3.05, 3.63) is 22.4 Å². The maximum Gasteiger partial charge on any atom is 0.332 e. The molecule has 7 heteroatoms. The number of rotatable bonds is 5. The van der Waals surface area contributed by atoms with Crippen molar-refractivity contribution in [3.8, 4) is 0 Å². The normalized spacial score (nSPS) is 23.2. The van der Waals surface area contributed by atoms with E-state index in [0.717, 1.165) is 11.3 Å². The van der Waals surface area contributed by atoms with E-state index in [1.54, 1.807) is 11.3 Å². The number of carbonyl (C=O) groups excluding carboxylic acids is 1. The molecule has 2 atom stereocenters. The summed E-state index contributed by atoms with van der Waals surface area (Å²) in [4.78, 5) is 24.4. The summed E-state index contributed by atoms with van der Waals surface area (Å²) in [6.45, 7) is 2.32. The van der Waals surface area contributed by atoms with Gasteiger partial charge in [-0.1, -0.05) is 13.0 Å². The number of urea groups is 1. The van der Waals surface area contributed by atoms with Gasteiger partial charge in [-0.25, -0.2) is 9.59 Å². The highest BCUT2D eigenvalue weighted by Gasteiger charge is 2.44. The number of amides is 2. The zero-order valence-corrected chi connectivity index (χ0v) is 12.0. The maximum absolute atomic E-state index is 12.0. The van der Waals surface area contributed by atoms with E-state index in [1.807, 2.05) is 24.4 Å². The largest absolute Gasteiger partial charge is 0.479 e. The lowest BCUT2D eigenvalue weighted by molar-refractivity contribution is -0.144. The number of aliphatic carboxylic acids is 1. The van der Waals surface area contributed by atoms with Crippen molar-refractivity contribution in [3.63, 3.8) is 0 Å². The van der Waals surface area contributed by atoms with Crippen molar-refractivity contribution in [2.24, 2.45) is 0 Å². The van der Waals surface area contributed by atoms with Gasteiger partial charge in [-0.2, -0.15) is 0 Å². The zero-order valence-electron chi connectivity index (χ0n) is 11.2. The highest BCUT2D eigenvalue weighted by Crippen LogP contribution is 2.22. The molecule has 0 saturated carbocycles. The number of thiophene rings is 1. The van der Waals surface area contributed by atoms with Crippen LogP contribution in [0.4, 0.5) is 4.79 Å². The van der Waals surface area contributed by atoms with E-state index in [9.17, 15) is 14.7 Å². The molecule has 0 aromatic carbocycles. The minimum Gasteiger partial charge on any atom is -0.479 e. The molecule has 20 heavy (non-hydrogen) atoms. The molecule has 2 heterocycles. The van der Waals surface area contributed by atoms with Crippen LogP contribution in [0.25, 0.3) is 0 Å². The molecule has 1 aliphatic rings. The van der Waals surface area contributed by atoms with Gasteiger partial charge in [0, 0.05) is 17.9 Å². The minimum atomic E-state index is -1.31. The quantitative estimate of drug-likeness (QED) is 0.772. The molecule has 110 valence electrons. The van der Waals surface area contributed by atoms with Gasteiger partial charge in [-0.15, -0.1) is 11.3 Å². The van der Waals surface area contributed by atoms with Gasteiger partial charge >= 0.3 is 12.0 Å². The van der Waals surface area contributed by atoms with Gasteiger partial charge in [0.15, 0.2) is 5.54 Å². The van der Waals surface area contributed by atoms with Crippen LogP contribution in [0, 0.1) is 0 Å². The van der Waals surface area contributed by atoms with Crippen LogP contribution in [0.3, 0.4) is 0 Å². The molecular formula is C13H18N2O4S. The van der Waals surface area contributed by atoms with Gasteiger partial charge in [0.1, 0.15) is 0 Å². The molecular weight excluding hydrogens is 280 g/mol. The predicted molar refractivity (Wildman–Crippen MR) is 74.8 cm³/mol. The molecule has 6 nitrogen and oxygen atoms in total. The first-order valence-electron chi connectivity index (χ1n) is 6.50. The van der Waals surface area contributed by atoms with Gasteiger partial charge < -0.3 is 20.5 Å². The van der Waals surface area contributed by atoms with Crippen LogP contribution in [-0.4, -0.2) is 35.9 Å². The lowest BCUT2D eigenvalue weighted by Crippen LogP contribution is -2.58. The van der Waals surface area contributed by atoms with Crippen molar-refractivity contribution in [2.75, 3.05) is 13.2 Å². The van der Waals surface area contributed by atoms with E-state index in [2.05, 4.69) is 10.6 Å². The van der Waals surface area contributed by atoms with Crippen LogP contribution in [0.1, 0.15) is 30.7 Å². The van der Waals surface area contributed by atoms with Gasteiger partial charge in [0.25, 0.3) is 0 Å². The van der Waals surface area contributed by atoms with Gasteiger partial charge in [0.2, 0.25) is 0 Å². The zero-order chi connectivity index (χ0) is 14.6. The lowest BCUT2D eigenvalue weighted by Gasteiger charge is -2.25. The standard InChI is InChI=1S/C13H18N2O4S/c1-2-9(10-4-3-7-20-10)14-12(18)15-13(11(16)17)5-6-19-8-13/h3-4,7,9H,2,5-6,8H2,1H3,(H,16,17)(H2,14,15,18). The van der Waals surface area contributed by atoms with E-state index >= 15 is 0 Å². The molecule has 2 rings (SSSR count). The third-order valence-electron chi connectivity index (χ3n) is 3.38. The van der Waals surface area contributed by atoms with E-state index < -0.39 is 17.5 Å². The van der Waals surface area contributed by atoms with E-state index in [4.69, 9.17) is 4.74 Å². The summed E-state index contributed by atoms with van der Waals surface area (Å²) >= 11 is 1.56. The molecule has 2 unspecified atom stereocenters. The molecule has 1 aromatic heterocycles. The summed E-state index contributed by atoms with van der Waals surface area (Å²) in [5.41, 5.74) is -1.31. The highest BCUT2D eigenvalue weighted by atomic mass is 32.1. The van der Waals surface area contributed by atoms with Crippen LogP contribution in [0.2, 0.25) is 0 Å². The molecule has 0 radical (unpaired) electrons. The Balaban J connectivity index is 1.99. The summed E-state index contributed by atoms with van der Waals surface area (Å²) < 4.78 is 5.10. The van der Waals surface area contributed by atoms with Gasteiger partial charge in [-0.05, 0) is 17.9 Å². The first-order valence-corrected chi connectivity index (χ1v) is 7.38. The number of hydrogen-bond donors (Lipinski definition) is 3. The number of hydrogen-bond acceptors (Lipinski definition) is 4. The molecule has 0 aliphatic carbocycles. The van der Waals surface area contributed by atoms with Crippen LogP contribution in [-0.2, 0) is 9.53 Å². The number of ether oxygens (including phenoxy) is 1. The first kappa shape index (κ1) is 14.8. The fraction of sp³-hybridized carbons (Fsp3) is 0.538. The molecule has 0 bridgehead atoms. The fourth-order valence-corrected chi connectivity index (χ4v) is 3.02. The molecule has 1 saturated heterocycles. The lowest BCUT2D eigenvalue weighted by atomic mass is 9.99. The second kappa shape index (κ2) is 6.23. The second-order valence-electron chi connectivity index (χ2n) is 4.76. The summed E-state index contributed by atoms with van der Waals surface area (Å²) in [7, 11) is 0. The van der Waals surface area contributed by atoms with Crippen LogP contribution in [0.5, 0.6) is 0 Å². The third-order valence-corrected chi connectivity index (χ3v) is 4.37. The Kier molecular flexibility index (Phi) is 4.61. The van der Waals surface area contributed by atoms with Crippen molar-refractivity contribution in [1.82, 2.24) is 10.6 Å². The fourth-order valence-electron chi connectivity index (χ4n) is 2.16. The van der Waals surface area contributed by atoms with Crippen molar-refractivity contribution in [1.29, 1.82) is 0 Å². The molecule has 2 amide bonds. The topological polar surface area (TPSA) is 87.7 Å². The Morgan fingerprint density at radius 3 is 2.90 bits per heavy atom. The van der Waals surface area contributed by atoms with E-state index in [1.165, 1.54) is 0 Å². The second-order valence-corrected chi connectivity index (χ2v) is 5.74. The Morgan fingerprint density at radius 2 is 2.40 bits per heavy atom. The average Bonchev–Trinajstić information content (AvgIpc) is 3.07. The Hall–Kier alpha value is -1.60. The third kappa shape index (κ3) is 3.10. The minimum absolute atomic E-state index is 0.00550. The Bertz CT molecular complexity index is 469. The predicted octanol–water partition coefficient (Wildman–Crippen LogP) is 1.74. The summed E-state index contributed by atoms with van der Waals surface area (Å²) in [5.74, 6) is -1.06. The summed E-state index contributed by atoms with van der Waals surface area (Å²) in [5, 5.41) is 16.6. The smallest absolute Gasteiger partial charge is 0.332 e. The van der Waals surface area contributed by atoms with Gasteiger partial charge in [-0.3, -0.25) is 0 Å². The first-order chi connectivity index (χ1) is 9.57. The Morgan fingerprint density at radius 1 is 1.60 bits per heavy atom. The SMILES string of the molecule is CCC(NC(=O)NC1(C(=O)O)CCOC1)c1cccs1. The summed E-state index contributed by atoms with van der Waals surface area (Å²) in [6.07, 6.45) is 1.02. The monoisotopic (exact) mass is 298 g/mol. The Labute approximate surface area is 121 Å². The molecule has 1 aliphatic heterocycles. The molecule has 1 aromatic rings. The van der Waals surface area contributed by atoms with Crippen molar-refractivity contribution < 1.29 is 19.4 Å². The van der Waals surface area contributed by atoms with E-state index in [-0.39, 0.29) is 19.1 Å². The van der Waals surface area contributed by atoms with Crippen LogP contribution in [0.15, 0.2) is 17.5 Å². The number of carboxylic acid groups (broad SMARTS) is 1. The maximum atomic E-state index is 12.0. The van der Waals surface area contributed by atoms with Gasteiger partial charge in [0.05, 0.1) is 12.6 Å². The molecule has 1 fully saturated rings. The van der Waals surface area contributed by atoms with Crippen LogP contribution < -0.4 is 10.6 Å². The van der Waals surface area contributed by atoms with Crippen molar-refractivity contribution >= 4 is 23.3 Å². The summed E-state index contributed by atoms with van der Waals surface area (Å²) in [6, 6.07) is 3.29. The average molecular weight is 298 g/mol.